The van der Waals surface area contributed by atoms with Gasteiger partial charge in [0.1, 0.15) is 5.82 Å². The summed E-state index contributed by atoms with van der Waals surface area (Å²) in [7, 11) is 0. The van der Waals surface area contributed by atoms with E-state index in [9.17, 15) is 14.0 Å². The largest absolute Gasteiger partial charge is 0.337 e. The number of amides is 1. The molecule has 1 heterocycles. The fourth-order valence-electron chi connectivity index (χ4n) is 2.53. The van der Waals surface area contributed by atoms with Gasteiger partial charge in [-0.15, -0.1) is 0 Å². The molecule has 2 aromatic rings. The number of H-pyrrole nitrogens is 1. The van der Waals surface area contributed by atoms with Crippen LogP contribution >= 0.6 is 11.8 Å². The van der Waals surface area contributed by atoms with E-state index in [0.717, 1.165) is 12.8 Å². The summed E-state index contributed by atoms with van der Waals surface area (Å²) in [5.41, 5.74) is 0.857. The lowest BCUT2D eigenvalue weighted by Crippen LogP contribution is -2.37. The van der Waals surface area contributed by atoms with Crippen LogP contribution in [0.25, 0.3) is 0 Å². The van der Waals surface area contributed by atoms with E-state index in [-0.39, 0.29) is 23.8 Å². The molecule has 0 radical (unpaired) electrons. The van der Waals surface area contributed by atoms with Gasteiger partial charge in [0.05, 0.1) is 5.25 Å². The molecule has 0 saturated carbocycles. The third-order valence-corrected chi connectivity index (χ3v) is 4.87. The summed E-state index contributed by atoms with van der Waals surface area (Å²) >= 11 is 1.20. The minimum absolute atomic E-state index is 0.101. The summed E-state index contributed by atoms with van der Waals surface area (Å²) in [6, 6.07) is 7.90. The van der Waals surface area contributed by atoms with Gasteiger partial charge in [-0.05, 0) is 26.3 Å². The number of nitrogens with zero attached hydrogens (tertiary/aromatic N) is 2. The highest BCUT2D eigenvalue weighted by Gasteiger charge is 2.23. The van der Waals surface area contributed by atoms with Crippen LogP contribution in [0.15, 0.2) is 40.3 Å². The number of unbranched alkanes of at least 4 members (excludes halogenated alkanes) is 1. The standard InChI is InChI=1S/C19H24FN3O2S/c1-4-5-10-23(12-15-8-6-7-9-16(15)20)18(25)14(3)26-19-21-13(2)11-17(24)22-19/h6-9,11,14H,4-5,10,12H2,1-3H3,(H,21,22,24). The Kier molecular flexibility index (Phi) is 7.38. The van der Waals surface area contributed by atoms with E-state index in [0.29, 0.717) is 23.0 Å². The molecule has 0 bridgehead atoms. The summed E-state index contributed by atoms with van der Waals surface area (Å²) in [5, 5.41) is -0.0271. The van der Waals surface area contributed by atoms with Crippen molar-refractivity contribution in [2.75, 3.05) is 6.54 Å². The number of thioether (sulfide) groups is 1. The van der Waals surface area contributed by atoms with Gasteiger partial charge in [-0.3, -0.25) is 9.59 Å². The molecular weight excluding hydrogens is 353 g/mol. The van der Waals surface area contributed by atoms with E-state index in [1.165, 1.54) is 23.9 Å². The number of carbonyl (C=O) groups excluding carboxylic acids is 1. The zero-order chi connectivity index (χ0) is 19.1. The van der Waals surface area contributed by atoms with E-state index in [4.69, 9.17) is 0 Å². The van der Waals surface area contributed by atoms with Crippen molar-refractivity contribution in [1.82, 2.24) is 14.9 Å². The Balaban J connectivity index is 2.13. The first-order chi connectivity index (χ1) is 12.4. The number of aromatic amines is 1. The van der Waals surface area contributed by atoms with Crippen molar-refractivity contribution in [3.05, 3.63) is 57.8 Å². The molecule has 1 aromatic heterocycles. The van der Waals surface area contributed by atoms with Crippen molar-refractivity contribution in [2.24, 2.45) is 0 Å². The first-order valence-electron chi connectivity index (χ1n) is 8.67. The van der Waals surface area contributed by atoms with Crippen molar-refractivity contribution < 1.29 is 9.18 Å². The van der Waals surface area contributed by atoms with Gasteiger partial charge in [0.2, 0.25) is 5.91 Å². The quantitative estimate of drug-likeness (QED) is 0.565. The van der Waals surface area contributed by atoms with Crippen LogP contribution in [0.3, 0.4) is 0 Å². The first kappa shape index (κ1) is 20.2. The van der Waals surface area contributed by atoms with E-state index in [1.807, 2.05) is 6.92 Å². The molecule has 1 unspecified atom stereocenters. The number of hydrogen-bond donors (Lipinski definition) is 1. The van der Waals surface area contributed by atoms with Crippen LogP contribution in [0, 0.1) is 12.7 Å². The van der Waals surface area contributed by atoms with Crippen molar-refractivity contribution >= 4 is 17.7 Å². The zero-order valence-electron chi connectivity index (χ0n) is 15.3. The molecule has 0 saturated heterocycles. The highest BCUT2D eigenvalue weighted by molar-refractivity contribution is 8.00. The molecule has 0 aliphatic heterocycles. The molecule has 0 aliphatic carbocycles. The lowest BCUT2D eigenvalue weighted by Gasteiger charge is -2.25. The Morgan fingerprint density at radius 1 is 1.38 bits per heavy atom. The summed E-state index contributed by atoms with van der Waals surface area (Å²) in [5.74, 6) is -0.414. The van der Waals surface area contributed by atoms with Crippen molar-refractivity contribution in [3.63, 3.8) is 0 Å². The molecule has 0 aliphatic rings. The molecule has 1 atom stereocenters. The highest BCUT2D eigenvalue weighted by Crippen LogP contribution is 2.22. The zero-order valence-corrected chi connectivity index (χ0v) is 16.1. The van der Waals surface area contributed by atoms with Crippen LogP contribution in [-0.2, 0) is 11.3 Å². The molecule has 0 fully saturated rings. The van der Waals surface area contributed by atoms with E-state index in [1.54, 1.807) is 36.9 Å². The number of aryl methyl sites for hydroxylation is 1. The molecule has 2 rings (SSSR count). The van der Waals surface area contributed by atoms with E-state index in [2.05, 4.69) is 9.97 Å². The molecule has 7 heteroatoms. The van der Waals surface area contributed by atoms with Gasteiger partial charge in [-0.25, -0.2) is 9.37 Å². The maximum Gasteiger partial charge on any atom is 0.251 e. The second-order valence-electron chi connectivity index (χ2n) is 6.16. The van der Waals surface area contributed by atoms with Crippen LogP contribution in [0.4, 0.5) is 4.39 Å². The number of aromatic nitrogens is 2. The number of nitrogens with one attached hydrogen (secondary N) is 1. The summed E-state index contributed by atoms with van der Waals surface area (Å²) < 4.78 is 14.0. The lowest BCUT2D eigenvalue weighted by molar-refractivity contribution is -0.131. The number of benzene rings is 1. The van der Waals surface area contributed by atoms with Crippen molar-refractivity contribution in [3.8, 4) is 0 Å². The van der Waals surface area contributed by atoms with Gasteiger partial charge in [-0.2, -0.15) is 0 Å². The summed E-state index contributed by atoms with van der Waals surface area (Å²) in [6.45, 7) is 6.35. The number of halogens is 1. The van der Waals surface area contributed by atoms with Crippen LogP contribution in [0.5, 0.6) is 0 Å². The fraction of sp³-hybridized carbons (Fsp3) is 0.421. The Hall–Kier alpha value is -2.15. The molecular formula is C19H24FN3O2S. The van der Waals surface area contributed by atoms with Gasteiger partial charge in [0.25, 0.3) is 5.56 Å². The minimum atomic E-state index is -0.441. The van der Waals surface area contributed by atoms with Gasteiger partial charge in [-0.1, -0.05) is 43.3 Å². The topological polar surface area (TPSA) is 66.1 Å². The maximum absolute atomic E-state index is 14.0. The molecule has 0 spiro atoms. The van der Waals surface area contributed by atoms with E-state index >= 15 is 0 Å². The average Bonchev–Trinajstić information content (AvgIpc) is 2.58. The summed E-state index contributed by atoms with van der Waals surface area (Å²) in [6.07, 6.45) is 1.78. The minimum Gasteiger partial charge on any atom is -0.337 e. The Morgan fingerprint density at radius 3 is 2.77 bits per heavy atom. The highest BCUT2D eigenvalue weighted by atomic mass is 32.2. The first-order valence-corrected chi connectivity index (χ1v) is 9.55. The number of hydrogen-bond acceptors (Lipinski definition) is 4. The van der Waals surface area contributed by atoms with Gasteiger partial charge in [0, 0.05) is 30.4 Å². The molecule has 1 amide bonds. The predicted octanol–water partition coefficient (Wildman–Crippen LogP) is 3.53. The van der Waals surface area contributed by atoms with Crippen LogP contribution in [-0.4, -0.2) is 32.6 Å². The third-order valence-electron chi connectivity index (χ3n) is 3.90. The number of carbonyl (C=O) groups is 1. The van der Waals surface area contributed by atoms with Gasteiger partial charge >= 0.3 is 0 Å². The smallest absolute Gasteiger partial charge is 0.251 e. The van der Waals surface area contributed by atoms with Crippen molar-refractivity contribution in [2.45, 2.75) is 50.6 Å². The predicted molar refractivity (Wildman–Crippen MR) is 102 cm³/mol. The molecule has 1 aromatic carbocycles. The SMILES string of the molecule is CCCCN(Cc1ccccc1F)C(=O)C(C)Sc1nc(C)cc(=O)[nH]1. The molecule has 26 heavy (non-hydrogen) atoms. The Morgan fingerprint density at radius 2 is 2.12 bits per heavy atom. The third kappa shape index (κ3) is 5.69. The second kappa shape index (κ2) is 9.52. The second-order valence-corrected chi connectivity index (χ2v) is 7.49. The molecule has 5 nitrogen and oxygen atoms in total. The fourth-order valence-corrected chi connectivity index (χ4v) is 3.47. The van der Waals surface area contributed by atoms with Crippen molar-refractivity contribution in [1.29, 1.82) is 0 Å². The summed E-state index contributed by atoms with van der Waals surface area (Å²) in [4.78, 5) is 33.0. The molecule has 1 N–H and O–H groups in total. The molecule has 140 valence electrons. The number of rotatable bonds is 8. The van der Waals surface area contributed by atoms with E-state index < -0.39 is 5.25 Å². The maximum atomic E-state index is 14.0. The van der Waals surface area contributed by atoms with Gasteiger partial charge in [0.15, 0.2) is 5.16 Å². The average molecular weight is 377 g/mol. The van der Waals surface area contributed by atoms with Crippen LogP contribution in [0.2, 0.25) is 0 Å². The van der Waals surface area contributed by atoms with Gasteiger partial charge < -0.3 is 9.88 Å². The van der Waals surface area contributed by atoms with Crippen LogP contribution < -0.4 is 5.56 Å². The normalized spacial score (nSPS) is 12.0. The van der Waals surface area contributed by atoms with Crippen LogP contribution in [0.1, 0.15) is 37.9 Å². The lowest BCUT2D eigenvalue weighted by atomic mass is 10.2. The Bertz CT molecular complexity index is 809. The Labute approximate surface area is 157 Å². The monoisotopic (exact) mass is 377 g/mol.